The Kier molecular flexibility index (Phi) is 5.41. The van der Waals surface area contributed by atoms with E-state index >= 15 is 0 Å². The average Bonchev–Trinajstić information content (AvgIpc) is 2.74. The highest BCUT2D eigenvalue weighted by Gasteiger charge is 2.32. The first-order chi connectivity index (χ1) is 8.06. The first-order valence-corrected chi connectivity index (χ1v) is 5.99. The molecule has 0 aliphatic carbocycles. The maximum atomic E-state index is 12.0. The fourth-order valence-electron chi connectivity index (χ4n) is 1.90. The molecule has 0 N–H and O–H groups in total. The van der Waals surface area contributed by atoms with E-state index in [1.54, 1.807) is 11.9 Å². The summed E-state index contributed by atoms with van der Waals surface area (Å²) in [5.74, 6) is 0.0572. The van der Waals surface area contributed by atoms with Crippen molar-refractivity contribution in [3.05, 3.63) is 0 Å². The van der Waals surface area contributed by atoms with Gasteiger partial charge in [0.1, 0.15) is 6.10 Å². The number of likely N-dealkylation sites (N-methyl/N-ethyl adjacent to an activating group) is 1. The van der Waals surface area contributed by atoms with Gasteiger partial charge in [0.05, 0.1) is 7.11 Å². The Bertz CT molecular complexity index is 280. The Labute approximate surface area is 102 Å². The molecule has 5 heteroatoms. The van der Waals surface area contributed by atoms with E-state index in [0.29, 0.717) is 26.0 Å². The van der Waals surface area contributed by atoms with Gasteiger partial charge in [0.15, 0.2) is 0 Å². The minimum absolute atomic E-state index is 0.0138. The van der Waals surface area contributed by atoms with Crippen LogP contribution in [0.15, 0.2) is 0 Å². The van der Waals surface area contributed by atoms with Crippen molar-refractivity contribution < 1.29 is 19.1 Å². The number of nitrogens with zero attached hydrogens (tertiary/aromatic N) is 1. The minimum atomic E-state index is -0.307. The normalized spacial score (nSPS) is 23.5. The van der Waals surface area contributed by atoms with Crippen LogP contribution in [0.25, 0.3) is 0 Å². The molecule has 0 spiro atoms. The molecular weight excluding hydrogens is 222 g/mol. The molecule has 2 unspecified atom stereocenters. The molecule has 1 aliphatic rings. The van der Waals surface area contributed by atoms with Gasteiger partial charge in [-0.25, -0.2) is 0 Å². The molecule has 0 aromatic heterocycles. The quantitative estimate of drug-likeness (QED) is 0.671. The lowest BCUT2D eigenvalue weighted by atomic mass is 10.0. The summed E-state index contributed by atoms with van der Waals surface area (Å²) in [5, 5.41) is 0. The van der Waals surface area contributed by atoms with Crippen molar-refractivity contribution in [3.63, 3.8) is 0 Å². The van der Waals surface area contributed by atoms with Gasteiger partial charge in [-0.05, 0) is 18.8 Å². The molecule has 17 heavy (non-hydrogen) atoms. The first kappa shape index (κ1) is 14.0. The third kappa shape index (κ3) is 4.00. The van der Waals surface area contributed by atoms with Crippen LogP contribution < -0.4 is 0 Å². The Morgan fingerprint density at radius 1 is 1.47 bits per heavy atom. The summed E-state index contributed by atoms with van der Waals surface area (Å²) in [4.78, 5) is 24.5. The summed E-state index contributed by atoms with van der Waals surface area (Å²) >= 11 is 0. The number of rotatable bonds is 5. The van der Waals surface area contributed by atoms with Gasteiger partial charge < -0.3 is 14.4 Å². The predicted molar refractivity (Wildman–Crippen MR) is 62.4 cm³/mol. The molecule has 1 heterocycles. The molecule has 98 valence electrons. The third-order valence-corrected chi connectivity index (χ3v) is 3.11. The van der Waals surface area contributed by atoms with Gasteiger partial charge in [-0.1, -0.05) is 6.92 Å². The van der Waals surface area contributed by atoms with Crippen molar-refractivity contribution in [1.29, 1.82) is 0 Å². The number of esters is 1. The topological polar surface area (TPSA) is 55.8 Å². The number of carbonyl (C=O) groups is 2. The molecule has 1 rings (SSSR count). The van der Waals surface area contributed by atoms with Crippen molar-refractivity contribution in [2.24, 2.45) is 5.92 Å². The van der Waals surface area contributed by atoms with E-state index in [9.17, 15) is 9.59 Å². The number of carbonyl (C=O) groups excluding carboxylic acids is 2. The number of hydrogen-bond acceptors (Lipinski definition) is 4. The fraction of sp³-hybridized carbons (Fsp3) is 0.833. The van der Waals surface area contributed by atoms with Gasteiger partial charge in [-0.3, -0.25) is 9.59 Å². The van der Waals surface area contributed by atoms with Gasteiger partial charge in [0.2, 0.25) is 0 Å². The molecule has 1 aliphatic heterocycles. The zero-order chi connectivity index (χ0) is 12.8. The van der Waals surface area contributed by atoms with Crippen molar-refractivity contribution in [3.8, 4) is 0 Å². The molecule has 1 amide bonds. The summed E-state index contributed by atoms with van der Waals surface area (Å²) < 4.78 is 9.96. The molecule has 2 atom stereocenters. The smallest absolute Gasteiger partial charge is 0.305 e. The highest BCUT2D eigenvalue weighted by atomic mass is 16.5. The summed E-state index contributed by atoms with van der Waals surface area (Å²) in [6.07, 6.45) is 1.59. The standard InChI is InChI=1S/C12H21NO4/c1-9-6-8-17-11(9)12(15)13(2)7-4-5-10(14)16-3/h9,11H,4-8H2,1-3H3. The number of hydrogen-bond donors (Lipinski definition) is 0. The van der Waals surface area contributed by atoms with Gasteiger partial charge in [0, 0.05) is 26.6 Å². The fourth-order valence-corrected chi connectivity index (χ4v) is 1.90. The molecule has 1 saturated heterocycles. The van der Waals surface area contributed by atoms with Crippen LogP contribution in [0.2, 0.25) is 0 Å². The van der Waals surface area contributed by atoms with E-state index in [1.807, 2.05) is 6.92 Å². The zero-order valence-corrected chi connectivity index (χ0v) is 10.8. The maximum absolute atomic E-state index is 12.0. The summed E-state index contributed by atoms with van der Waals surface area (Å²) in [6, 6.07) is 0. The monoisotopic (exact) mass is 243 g/mol. The molecule has 0 radical (unpaired) electrons. The number of amides is 1. The van der Waals surface area contributed by atoms with Crippen molar-refractivity contribution in [1.82, 2.24) is 4.90 Å². The second kappa shape index (κ2) is 6.59. The number of methoxy groups -OCH3 is 1. The first-order valence-electron chi connectivity index (χ1n) is 5.99. The van der Waals surface area contributed by atoms with Crippen LogP contribution in [-0.2, 0) is 19.1 Å². The molecule has 0 aromatic rings. The van der Waals surface area contributed by atoms with E-state index in [-0.39, 0.29) is 23.9 Å². The number of ether oxygens (including phenoxy) is 2. The third-order valence-electron chi connectivity index (χ3n) is 3.11. The molecule has 1 fully saturated rings. The Hall–Kier alpha value is -1.10. The SMILES string of the molecule is COC(=O)CCCN(C)C(=O)C1OCCC1C. The molecular formula is C12H21NO4. The Balaban J connectivity index is 2.29. The van der Waals surface area contributed by atoms with Crippen LogP contribution in [0.5, 0.6) is 0 Å². The van der Waals surface area contributed by atoms with Crippen LogP contribution in [0.4, 0.5) is 0 Å². The molecule has 0 bridgehead atoms. The van der Waals surface area contributed by atoms with Gasteiger partial charge >= 0.3 is 5.97 Å². The molecule has 0 saturated carbocycles. The highest BCUT2D eigenvalue weighted by molar-refractivity contribution is 5.81. The van der Waals surface area contributed by atoms with Crippen LogP contribution >= 0.6 is 0 Å². The van der Waals surface area contributed by atoms with Crippen LogP contribution in [0, 0.1) is 5.92 Å². The Morgan fingerprint density at radius 2 is 2.18 bits per heavy atom. The minimum Gasteiger partial charge on any atom is -0.469 e. The molecule has 0 aromatic carbocycles. The summed E-state index contributed by atoms with van der Waals surface area (Å²) in [7, 11) is 3.11. The maximum Gasteiger partial charge on any atom is 0.305 e. The van der Waals surface area contributed by atoms with Crippen molar-refractivity contribution in [2.45, 2.75) is 32.3 Å². The van der Waals surface area contributed by atoms with E-state index < -0.39 is 0 Å². The lowest BCUT2D eigenvalue weighted by molar-refractivity contribution is -0.143. The van der Waals surface area contributed by atoms with E-state index in [1.165, 1.54) is 7.11 Å². The van der Waals surface area contributed by atoms with Crippen LogP contribution in [0.3, 0.4) is 0 Å². The van der Waals surface area contributed by atoms with Gasteiger partial charge in [-0.2, -0.15) is 0 Å². The van der Waals surface area contributed by atoms with Crippen LogP contribution in [-0.4, -0.2) is 50.2 Å². The van der Waals surface area contributed by atoms with Crippen molar-refractivity contribution in [2.75, 3.05) is 27.3 Å². The second-order valence-corrected chi connectivity index (χ2v) is 4.50. The van der Waals surface area contributed by atoms with Gasteiger partial charge in [0.25, 0.3) is 5.91 Å². The van der Waals surface area contributed by atoms with Crippen molar-refractivity contribution >= 4 is 11.9 Å². The largest absolute Gasteiger partial charge is 0.469 e. The lowest BCUT2D eigenvalue weighted by Gasteiger charge is -2.22. The lowest BCUT2D eigenvalue weighted by Crippen LogP contribution is -2.39. The Morgan fingerprint density at radius 3 is 2.71 bits per heavy atom. The zero-order valence-electron chi connectivity index (χ0n) is 10.8. The predicted octanol–water partition coefficient (Wildman–Crippen LogP) is 0.823. The average molecular weight is 243 g/mol. The van der Waals surface area contributed by atoms with E-state index in [4.69, 9.17) is 4.74 Å². The van der Waals surface area contributed by atoms with Crippen LogP contribution in [0.1, 0.15) is 26.2 Å². The van der Waals surface area contributed by atoms with Gasteiger partial charge in [-0.15, -0.1) is 0 Å². The highest BCUT2D eigenvalue weighted by Crippen LogP contribution is 2.21. The van der Waals surface area contributed by atoms with E-state index in [2.05, 4.69) is 4.74 Å². The van der Waals surface area contributed by atoms with E-state index in [0.717, 1.165) is 6.42 Å². The summed E-state index contributed by atoms with van der Waals surface area (Å²) in [6.45, 7) is 3.24. The second-order valence-electron chi connectivity index (χ2n) is 4.50. The molecule has 5 nitrogen and oxygen atoms in total. The summed E-state index contributed by atoms with van der Waals surface area (Å²) in [5.41, 5.74) is 0.